The van der Waals surface area contributed by atoms with E-state index >= 15 is 0 Å². The molecule has 2 aromatic rings. The van der Waals surface area contributed by atoms with Gasteiger partial charge in [0.2, 0.25) is 11.2 Å². The summed E-state index contributed by atoms with van der Waals surface area (Å²) in [4.78, 5) is 22.2. The van der Waals surface area contributed by atoms with Gasteiger partial charge in [-0.15, -0.1) is 0 Å². The first-order valence-electron chi connectivity index (χ1n) is 6.10. The van der Waals surface area contributed by atoms with Gasteiger partial charge in [-0.1, -0.05) is 18.2 Å². The lowest BCUT2D eigenvalue weighted by Crippen LogP contribution is -2.08. The predicted molar refractivity (Wildman–Crippen MR) is 76.4 cm³/mol. The van der Waals surface area contributed by atoms with Gasteiger partial charge in [-0.25, -0.2) is 0 Å². The first-order valence-corrected chi connectivity index (χ1v) is 6.48. The molecule has 9 heteroatoms. The van der Waals surface area contributed by atoms with E-state index in [0.717, 1.165) is 0 Å². The SMILES string of the molecule is CCOc1nc(Cl)nc(NCc2ccccc2[N+](=O)[O-])n1. The van der Waals surface area contributed by atoms with E-state index in [9.17, 15) is 10.1 Å². The van der Waals surface area contributed by atoms with Crippen molar-refractivity contribution in [1.82, 2.24) is 15.0 Å². The van der Waals surface area contributed by atoms with Crippen molar-refractivity contribution in [3.05, 3.63) is 45.2 Å². The molecule has 0 bridgehead atoms. The van der Waals surface area contributed by atoms with E-state index in [2.05, 4.69) is 20.3 Å². The van der Waals surface area contributed by atoms with Crippen LogP contribution in [-0.4, -0.2) is 26.5 Å². The third kappa shape index (κ3) is 3.99. The highest BCUT2D eigenvalue weighted by atomic mass is 35.5. The summed E-state index contributed by atoms with van der Waals surface area (Å²) in [6, 6.07) is 6.51. The van der Waals surface area contributed by atoms with Crippen molar-refractivity contribution in [2.24, 2.45) is 0 Å². The van der Waals surface area contributed by atoms with Crippen molar-refractivity contribution in [3.8, 4) is 6.01 Å². The number of ether oxygens (including phenoxy) is 1. The molecule has 0 aliphatic carbocycles. The fourth-order valence-electron chi connectivity index (χ4n) is 1.62. The third-order valence-electron chi connectivity index (χ3n) is 2.49. The maximum atomic E-state index is 10.9. The molecule has 0 fully saturated rings. The van der Waals surface area contributed by atoms with E-state index in [0.29, 0.717) is 12.2 Å². The number of anilines is 1. The van der Waals surface area contributed by atoms with Crippen LogP contribution < -0.4 is 10.1 Å². The molecular formula is C12H12ClN5O3. The lowest BCUT2D eigenvalue weighted by molar-refractivity contribution is -0.385. The Morgan fingerprint density at radius 1 is 1.33 bits per heavy atom. The topological polar surface area (TPSA) is 103 Å². The Morgan fingerprint density at radius 3 is 2.81 bits per heavy atom. The molecule has 0 saturated heterocycles. The van der Waals surface area contributed by atoms with Gasteiger partial charge in [0, 0.05) is 18.2 Å². The average Bonchev–Trinajstić information content (AvgIpc) is 2.45. The van der Waals surface area contributed by atoms with Gasteiger partial charge in [-0.05, 0) is 18.5 Å². The van der Waals surface area contributed by atoms with Gasteiger partial charge in [-0.2, -0.15) is 15.0 Å². The number of nitro groups is 1. The minimum Gasteiger partial charge on any atom is -0.464 e. The van der Waals surface area contributed by atoms with Crippen molar-refractivity contribution < 1.29 is 9.66 Å². The van der Waals surface area contributed by atoms with Gasteiger partial charge in [0.25, 0.3) is 5.69 Å². The summed E-state index contributed by atoms with van der Waals surface area (Å²) in [6.07, 6.45) is 0. The largest absolute Gasteiger partial charge is 0.464 e. The normalized spacial score (nSPS) is 10.2. The molecule has 1 heterocycles. The predicted octanol–water partition coefficient (Wildman–Crippen LogP) is 2.44. The zero-order valence-electron chi connectivity index (χ0n) is 11.1. The number of nitrogens with zero attached hydrogens (tertiary/aromatic N) is 4. The maximum Gasteiger partial charge on any atom is 0.322 e. The van der Waals surface area contributed by atoms with Crippen LogP contribution in [0.4, 0.5) is 11.6 Å². The molecule has 0 unspecified atom stereocenters. The van der Waals surface area contributed by atoms with Crippen LogP contribution in [0, 0.1) is 10.1 Å². The van der Waals surface area contributed by atoms with Crippen molar-refractivity contribution in [1.29, 1.82) is 0 Å². The summed E-state index contributed by atoms with van der Waals surface area (Å²) in [7, 11) is 0. The first kappa shape index (κ1) is 14.9. The Morgan fingerprint density at radius 2 is 2.10 bits per heavy atom. The van der Waals surface area contributed by atoms with Gasteiger partial charge in [0.1, 0.15) is 0 Å². The van der Waals surface area contributed by atoms with Crippen molar-refractivity contribution in [2.75, 3.05) is 11.9 Å². The number of nitro benzene ring substituents is 1. The summed E-state index contributed by atoms with van der Waals surface area (Å²) >= 11 is 5.76. The van der Waals surface area contributed by atoms with Crippen molar-refractivity contribution in [3.63, 3.8) is 0 Å². The van der Waals surface area contributed by atoms with E-state index in [1.54, 1.807) is 25.1 Å². The molecule has 2 rings (SSSR count). The minimum absolute atomic E-state index is 0.0153. The number of para-hydroxylation sites is 1. The summed E-state index contributed by atoms with van der Waals surface area (Å²) in [5, 5.41) is 13.8. The molecule has 0 amide bonds. The lowest BCUT2D eigenvalue weighted by Gasteiger charge is -2.07. The monoisotopic (exact) mass is 309 g/mol. The third-order valence-corrected chi connectivity index (χ3v) is 2.66. The molecule has 1 aromatic carbocycles. The maximum absolute atomic E-state index is 10.9. The molecule has 1 N–H and O–H groups in total. The highest BCUT2D eigenvalue weighted by molar-refractivity contribution is 6.28. The number of hydrogen-bond acceptors (Lipinski definition) is 7. The highest BCUT2D eigenvalue weighted by Crippen LogP contribution is 2.19. The molecule has 0 atom stereocenters. The highest BCUT2D eigenvalue weighted by Gasteiger charge is 2.13. The molecule has 0 aliphatic heterocycles. The summed E-state index contributed by atoms with van der Waals surface area (Å²) in [6.45, 7) is 2.37. The molecule has 21 heavy (non-hydrogen) atoms. The van der Waals surface area contributed by atoms with E-state index in [4.69, 9.17) is 16.3 Å². The van der Waals surface area contributed by atoms with Crippen molar-refractivity contribution >= 4 is 23.2 Å². The number of rotatable bonds is 6. The Labute approximate surface area is 125 Å². The van der Waals surface area contributed by atoms with Crippen molar-refractivity contribution in [2.45, 2.75) is 13.5 Å². The number of benzene rings is 1. The van der Waals surface area contributed by atoms with Crippen LogP contribution in [0.2, 0.25) is 5.28 Å². The molecule has 0 spiro atoms. The number of hydrogen-bond donors (Lipinski definition) is 1. The molecule has 0 saturated carbocycles. The van der Waals surface area contributed by atoms with Crippen LogP contribution in [0.5, 0.6) is 6.01 Å². The smallest absolute Gasteiger partial charge is 0.322 e. The zero-order valence-corrected chi connectivity index (χ0v) is 11.9. The minimum atomic E-state index is -0.441. The Bertz CT molecular complexity index is 653. The van der Waals surface area contributed by atoms with E-state index in [1.165, 1.54) is 6.07 Å². The summed E-state index contributed by atoms with van der Waals surface area (Å²) in [5.41, 5.74) is 0.534. The molecule has 110 valence electrons. The number of halogens is 1. The van der Waals surface area contributed by atoms with E-state index in [1.807, 2.05) is 0 Å². The van der Waals surface area contributed by atoms with Gasteiger partial charge in [0.15, 0.2) is 0 Å². The fourth-order valence-corrected chi connectivity index (χ4v) is 1.77. The number of nitrogens with one attached hydrogen (secondary N) is 1. The van der Waals surface area contributed by atoms with E-state index < -0.39 is 4.92 Å². The standard InChI is InChI=1S/C12H12ClN5O3/c1-2-21-12-16-10(13)15-11(17-12)14-7-8-5-3-4-6-9(8)18(19)20/h3-6H,2,7H2,1H3,(H,14,15,16,17). The molecule has 1 aromatic heterocycles. The quantitative estimate of drug-likeness (QED) is 0.645. The first-order chi connectivity index (χ1) is 10.1. The fraction of sp³-hybridized carbons (Fsp3) is 0.250. The Kier molecular flexibility index (Phi) is 4.83. The molecular weight excluding hydrogens is 298 g/mol. The second-order valence-corrected chi connectivity index (χ2v) is 4.22. The van der Waals surface area contributed by atoms with Gasteiger partial charge in [-0.3, -0.25) is 10.1 Å². The van der Waals surface area contributed by atoms with Gasteiger partial charge >= 0.3 is 6.01 Å². The summed E-state index contributed by atoms with van der Waals surface area (Å²) in [5.74, 6) is 0.191. The zero-order chi connectivity index (χ0) is 15.2. The Hall–Kier alpha value is -2.48. The van der Waals surface area contributed by atoms with Crippen LogP contribution in [-0.2, 0) is 6.54 Å². The van der Waals surface area contributed by atoms with Crippen LogP contribution in [0.1, 0.15) is 12.5 Å². The Balaban J connectivity index is 2.15. The second-order valence-electron chi connectivity index (χ2n) is 3.88. The van der Waals surface area contributed by atoms with E-state index in [-0.39, 0.29) is 29.5 Å². The molecule has 0 radical (unpaired) electrons. The van der Waals surface area contributed by atoms with Crippen LogP contribution in [0.15, 0.2) is 24.3 Å². The number of aromatic nitrogens is 3. The summed E-state index contributed by atoms with van der Waals surface area (Å²) < 4.78 is 5.15. The van der Waals surface area contributed by atoms with Crippen LogP contribution in [0.3, 0.4) is 0 Å². The van der Waals surface area contributed by atoms with Crippen LogP contribution >= 0.6 is 11.6 Å². The second kappa shape index (κ2) is 6.80. The average molecular weight is 310 g/mol. The van der Waals surface area contributed by atoms with Crippen LogP contribution in [0.25, 0.3) is 0 Å². The molecule has 0 aliphatic rings. The van der Waals surface area contributed by atoms with Gasteiger partial charge < -0.3 is 10.1 Å². The van der Waals surface area contributed by atoms with Gasteiger partial charge in [0.05, 0.1) is 11.5 Å². The lowest BCUT2D eigenvalue weighted by atomic mass is 10.2. The molecule has 8 nitrogen and oxygen atoms in total.